The van der Waals surface area contributed by atoms with Crippen molar-refractivity contribution < 1.29 is 115 Å². The van der Waals surface area contributed by atoms with Crippen LogP contribution in [0, 0.1) is 11.8 Å². The number of nitrogens with one attached hydrogen (secondary N) is 7. The molecule has 462 valence electrons. The van der Waals surface area contributed by atoms with Gasteiger partial charge < -0.3 is 134 Å². The van der Waals surface area contributed by atoms with E-state index in [0.717, 1.165) is 6.92 Å². The highest BCUT2D eigenvalue weighted by Gasteiger charge is 2.67. The zero-order chi connectivity index (χ0) is 59.9. The summed E-state index contributed by atoms with van der Waals surface area (Å²) in [6.07, 6.45) is -11.2. The van der Waals surface area contributed by atoms with E-state index in [1.807, 2.05) is 27.7 Å². The van der Waals surface area contributed by atoms with Gasteiger partial charge in [0.1, 0.15) is 36.2 Å². The van der Waals surface area contributed by atoms with E-state index in [2.05, 4.69) is 37.2 Å². The molecule has 0 bridgehead atoms. The van der Waals surface area contributed by atoms with Crippen LogP contribution in [0.25, 0.3) is 0 Å². The molecule has 7 aliphatic heterocycles. The van der Waals surface area contributed by atoms with Gasteiger partial charge >= 0.3 is 6.18 Å². The predicted molar refractivity (Wildman–Crippen MR) is 269 cm³/mol. The van der Waals surface area contributed by atoms with Gasteiger partial charge in [0, 0.05) is 66.9 Å². The number of aliphatic hydroxyl groups excluding tert-OH is 16. The van der Waals surface area contributed by atoms with Gasteiger partial charge in [0.05, 0.1) is 107 Å². The maximum Gasteiger partial charge on any atom is 0.421 e. The van der Waals surface area contributed by atoms with Crippen molar-refractivity contribution in [3.05, 3.63) is 0 Å². The Hall–Kier alpha value is -1.32. The molecule has 26 nitrogen and oxygen atoms in total. The smallest absolute Gasteiger partial charge is 0.396 e. The van der Waals surface area contributed by atoms with E-state index in [4.69, 9.17) is 56.2 Å². The van der Waals surface area contributed by atoms with E-state index < -0.39 is 103 Å². The minimum Gasteiger partial charge on any atom is -0.396 e. The minimum absolute atomic E-state index is 0.0237. The van der Waals surface area contributed by atoms with Crippen LogP contribution in [0.15, 0.2) is 0 Å². The molecule has 0 spiro atoms. The third kappa shape index (κ3) is 18.3. The summed E-state index contributed by atoms with van der Waals surface area (Å²) in [5.74, 6) is 0.0205. The molecule has 0 aromatic heterocycles. The SMILES string of the molecule is C[C@@H]1N[C@H](CO)C[C@H]1O.C[C@@H]1N[C@H](CO)[C@@H](CO)[C@H]1O.C[C@@H]1N[C@H](CO)[C@@H](O)[C@@]1(C)O.C[C@@H]1N[C@H](CO)[C@@H](O)[C@H]1O.C[C@@H]1N[C@H](CO)[C@@H](O)[C@]1(O)C(F)(F)F.C[C@@H]1N[C@H](CO)[C@@H](O)[C@]1(O)CF.C[C@@H]1[C@H](O)[C@@H](CO)N[C@H]1C. The van der Waals surface area contributed by atoms with Gasteiger partial charge in [-0.3, -0.25) is 0 Å². The van der Waals surface area contributed by atoms with Crippen LogP contribution in [0.3, 0.4) is 0 Å². The zero-order valence-corrected chi connectivity index (χ0v) is 45.4. The van der Waals surface area contributed by atoms with Crippen molar-refractivity contribution in [3.63, 3.8) is 0 Å². The summed E-state index contributed by atoms with van der Waals surface area (Å²) >= 11 is 0. The number of halogens is 4. The van der Waals surface area contributed by atoms with Crippen molar-refractivity contribution in [2.24, 2.45) is 11.8 Å². The predicted octanol–water partition coefficient (Wildman–Crippen LogP) is -9.36. The molecule has 77 heavy (non-hydrogen) atoms. The summed E-state index contributed by atoms with van der Waals surface area (Å²) < 4.78 is 49.6. The molecule has 7 heterocycles. The number of hydrogen-bond acceptors (Lipinski definition) is 26. The van der Waals surface area contributed by atoms with E-state index in [0.29, 0.717) is 12.5 Å². The fourth-order valence-corrected chi connectivity index (χ4v) is 9.98. The van der Waals surface area contributed by atoms with Gasteiger partial charge in [-0.05, 0) is 67.7 Å². The second-order valence-corrected chi connectivity index (χ2v) is 21.6. The third-order valence-corrected chi connectivity index (χ3v) is 16.2. The van der Waals surface area contributed by atoms with E-state index in [1.165, 1.54) is 0 Å². The van der Waals surface area contributed by atoms with Gasteiger partial charge in [0.2, 0.25) is 5.60 Å². The van der Waals surface area contributed by atoms with Crippen molar-refractivity contribution in [2.75, 3.05) is 59.5 Å². The Morgan fingerprint density at radius 3 is 1.08 bits per heavy atom. The van der Waals surface area contributed by atoms with Crippen molar-refractivity contribution in [1.82, 2.24) is 37.2 Å². The first-order chi connectivity index (χ1) is 35.6. The highest BCUT2D eigenvalue weighted by molar-refractivity contribution is 5.12. The van der Waals surface area contributed by atoms with Crippen LogP contribution >= 0.6 is 0 Å². The van der Waals surface area contributed by atoms with Crippen LogP contribution in [-0.4, -0.2) is 313 Å². The maximum absolute atomic E-state index is 12.4. The number of rotatable bonds is 9. The first-order valence-corrected chi connectivity index (χ1v) is 26.0. The van der Waals surface area contributed by atoms with Gasteiger partial charge in [-0.1, -0.05) is 6.92 Å². The van der Waals surface area contributed by atoms with Crippen molar-refractivity contribution in [2.45, 2.75) is 225 Å². The van der Waals surface area contributed by atoms with Crippen LogP contribution in [-0.2, 0) is 0 Å². The Morgan fingerprint density at radius 2 is 0.844 bits per heavy atom. The monoisotopic (exact) mass is 1140 g/mol. The zero-order valence-electron chi connectivity index (χ0n) is 45.4. The topological polar surface area (TPSA) is 469 Å². The quantitative estimate of drug-likeness (QED) is 0.0953. The van der Waals surface area contributed by atoms with Gasteiger partial charge in [0.25, 0.3) is 0 Å². The molecule has 7 aliphatic rings. The number of alkyl halides is 4. The molecule has 7 fully saturated rings. The van der Waals surface area contributed by atoms with Crippen molar-refractivity contribution in [1.29, 1.82) is 0 Å². The normalized spacial score (nSPS) is 46.9. The lowest BCUT2D eigenvalue weighted by Gasteiger charge is -2.32. The van der Waals surface area contributed by atoms with Gasteiger partial charge in [-0.15, -0.1) is 0 Å². The molecule has 7 saturated heterocycles. The Bertz CT molecular complexity index is 1600. The summed E-state index contributed by atoms with van der Waals surface area (Å²) in [6.45, 7) is 13.3. The first-order valence-electron chi connectivity index (χ1n) is 26.0. The molecule has 7 rings (SSSR count). The van der Waals surface area contributed by atoms with E-state index in [9.17, 15) is 58.4 Å². The second kappa shape index (κ2) is 32.5. The van der Waals surface area contributed by atoms with Crippen molar-refractivity contribution in [3.8, 4) is 0 Å². The van der Waals surface area contributed by atoms with E-state index in [-0.39, 0.29) is 119 Å². The average Bonchev–Trinajstić information content (AvgIpc) is 4.19. The molecule has 27 atom stereocenters. The van der Waals surface area contributed by atoms with Gasteiger partial charge in [-0.25, -0.2) is 4.39 Å². The first kappa shape index (κ1) is 73.7. The molecular weight excluding hydrogens is 1040 g/mol. The average molecular weight is 1140 g/mol. The largest absolute Gasteiger partial charge is 0.421 e. The summed E-state index contributed by atoms with van der Waals surface area (Å²) in [5, 5.41) is 192. The van der Waals surface area contributed by atoms with Crippen LogP contribution in [0.2, 0.25) is 0 Å². The highest BCUT2D eigenvalue weighted by atomic mass is 19.4. The van der Waals surface area contributed by atoms with Crippen LogP contribution in [0.5, 0.6) is 0 Å². The molecular formula is C47H97F4N7O19. The molecule has 0 saturated carbocycles. The lowest BCUT2D eigenvalue weighted by atomic mass is 9.91. The summed E-state index contributed by atoms with van der Waals surface area (Å²) in [7, 11) is 0. The highest BCUT2D eigenvalue weighted by Crippen LogP contribution is 2.40. The Balaban J connectivity index is 0.000000451. The second-order valence-electron chi connectivity index (χ2n) is 21.6. The molecule has 0 aromatic carbocycles. The third-order valence-electron chi connectivity index (χ3n) is 16.2. The van der Waals surface area contributed by atoms with Gasteiger partial charge in [0.15, 0.2) is 0 Å². The van der Waals surface area contributed by atoms with E-state index in [1.54, 1.807) is 27.7 Å². The summed E-state index contributed by atoms with van der Waals surface area (Å²) in [6, 6.07) is -4.54. The molecule has 0 aliphatic carbocycles. The summed E-state index contributed by atoms with van der Waals surface area (Å²) in [4.78, 5) is 0. The molecule has 26 N–H and O–H groups in total. The Labute approximate surface area is 447 Å². The standard InChI is InChI=1S/C7H12F3NO3.C7H14FNO3.2C7H15NO3.C7H15NO2.C6H13NO3.C6H13NO2/c1-3-6(14,7(8,9)10)5(13)4(2-12)11-3;1-4-7(12,3-8)6(11)5(2-10)9-4;1-4-7(2,11)6(10)5(3-9)8-4;1-4-7(11)5(2-9)6(3-10)8-4;1-4-5(2)8-6(3-9)7(4)10;1-3-5(9)6(10)4(2-8)7-3;1-4-6(9)2-5(3-8)7-4/h3-5,11-14H,2H2,1H3;4-6,9-12H,2-3H2,1H3;4-6,8-11H,3H2,1-2H3;4-11H,2-3H2,1H3;4-10H,3H2,1-2H3;3-10H,2H2,1H3;4-9H,2-3H2,1H3/t3-,4+,5+,6-;3*4-,5+,6+,7-;4-,5-,6+,7-;3-,4+,5-,6+;4-,5-,6+/m0000000/s1. The molecule has 0 amide bonds. The molecule has 30 heteroatoms. The number of hydrogen-bond donors (Lipinski definition) is 26. The molecule has 0 aromatic rings. The van der Waals surface area contributed by atoms with Crippen LogP contribution in [0.4, 0.5) is 17.6 Å². The van der Waals surface area contributed by atoms with Gasteiger partial charge in [-0.2, -0.15) is 13.2 Å². The van der Waals surface area contributed by atoms with Crippen LogP contribution < -0.4 is 37.2 Å². The minimum atomic E-state index is -4.93. The lowest BCUT2D eigenvalue weighted by molar-refractivity contribution is -0.286. The van der Waals surface area contributed by atoms with Crippen LogP contribution in [0.1, 0.15) is 68.7 Å². The molecule has 0 unspecified atom stereocenters. The number of aliphatic hydroxyl groups is 19. The maximum atomic E-state index is 12.4. The fourth-order valence-electron chi connectivity index (χ4n) is 9.98. The fraction of sp³-hybridized carbons (Fsp3) is 1.00. The Morgan fingerprint density at radius 1 is 0.429 bits per heavy atom. The summed E-state index contributed by atoms with van der Waals surface area (Å²) in [5.41, 5.74) is -6.08. The van der Waals surface area contributed by atoms with Crippen molar-refractivity contribution >= 4 is 0 Å². The Kier molecular flexibility index (Phi) is 31.1. The lowest BCUT2D eigenvalue weighted by Crippen LogP contribution is -2.59. The van der Waals surface area contributed by atoms with E-state index >= 15 is 0 Å². The molecule has 0 radical (unpaired) electrons.